The second-order valence-electron chi connectivity index (χ2n) is 7.64. The monoisotopic (exact) mass is 408 g/mol. The van der Waals surface area contributed by atoms with Crippen LogP contribution in [-0.2, 0) is 29.1 Å². The minimum Gasteiger partial charge on any atom is -0.364 e. The lowest BCUT2D eigenvalue weighted by atomic mass is 10.0. The summed E-state index contributed by atoms with van der Waals surface area (Å²) in [4.78, 5) is 50.2. The molecular formula is C20H20N6O4. The topological polar surface area (TPSA) is 136 Å². The van der Waals surface area contributed by atoms with Crippen molar-refractivity contribution in [3.05, 3.63) is 46.1 Å². The Labute approximate surface area is 171 Å². The van der Waals surface area contributed by atoms with Crippen molar-refractivity contribution in [2.75, 3.05) is 11.9 Å². The molecule has 154 valence electrons. The molecule has 0 bridgehead atoms. The molecule has 1 aromatic heterocycles. The number of hydrogen-bond donors (Lipinski definition) is 4. The van der Waals surface area contributed by atoms with Crippen molar-refractivity contribution in [3.63, 3.8) is 0 Å². The van der Waals surface area contributed by atoms with Crippen LogP contribution in [0.15, 0.2) is 18.2 Å². The van der Waals surface area contributed by atoms with Gasteiger partial charge in [0.25, 0.3) is 11.8 Å². The predicted octanol–water partition coefficient (Wildman–Crippen LogP) is 0.0687. The maximum absolute atomic E-state index is 12.9. The van der Waals surface area contributed by atoms with E-state index in [2.05, 4.69) is 26.1 Å². The Balaban J connectivity index is 1.34. The summed E-state index contributed by atoms with van der Waals surface area (Å²) in [6, 6.07) is 4.11. The van der Waals surface area contributed by atoms with Crippen LogP contribution >= 0.6 is 0 Å². The third-order valence-electron chi connectivity index (χ3n) is 5.77. The summed E-state index contributed by atoms with van der Waals surface area (Å²) in [7, 11) is 0. The van der Waals surface area contributed by atoms with Crippen molar-refractivity contribution in [3.8, 4) is 0 Å². The van der Waals surface area contributed by atoms with E-state index in [-0.39, 0.29) is 24.0 Å². The van der Waals surface area contributed by atoms with E-state index in [0.29, 0.717) is 6.54 Å². The Bertz CT molecular complexity index is 1090. The van der Waals surface area contributed by atoms with Crippen molar-refractivity contribution in [1.29, 1.82) is 0 Å². The lowest BCUT2D eigenvalue weighted by Gasteiger charge is -2.27. The molecule has 4 heterocycles. The van der Waals surface area contributed by atoms with E-state index in [1.807, 2.05) is 0 Å². The average Bonchev–Trinajstić information content (AvgIpc) is 3.26. The Morgan fingerprint density at radius 1 is 1.10 bits per heavy atom. The van der Waals surface area contributed by atoms with Gasteiger partial charge in [0.15, 0.2) is 5.82 Å². The van der Waals surface area contributed by atoms with Crippen LogP contribution in [0.3, 0.4) is 0 Å². The van der Waals surface area contributed by atoms with Gasteiger partial charge in [0.1, 0.15) is 6.04 Å². The van der Waals surface area contributed by atoms with E-state index < -0.39 is 29.7 Å². The summed E-state index contributed by atoms with van der Waals surface area (Å²) in [6.45, 7) is 2.09. The highest BCUT2D eigenvalue weighted by atomic mass is 16.2. The van der Waals surface area contributed by atoms with Crippen molar-refractivity contribution in [1.82, 2.24) is 25.7 Å². The molecule has 3 aliphatic rings. The maximum atomic E-state index is 12.9. The zero-order chi connectivity index (χ0) is 20.8. The fourth-order valence-electron chi connectivity index (χ4n) is 4.19. The van der Waals surface area contributed by atoms with Gasteiger partial charge in [-0.05, 0) is 24.1 Å². The van der Waals surface area contributed by atoms with Crippen molar-refractivity contribution in [2.24, 2.45) is 0 Å². The molecular weight excluding hydrogens is 388 g/mol. The highest BCUT2D eigenvalue weighted by Crippen LogP contribution is 2.29. The van der Waals surface area contributed by atoms with Crippen LogP contribution in [0.5, 0.6) is 0 Å². The first-order valence-electron chi connectivity index (χ1n) is 9.88. The highest BCUT2D eigenvalue weighted by molar-refractivity contribution is 6.23. The number of imide groups is 2. The number of H-pyrrole nitrogens is 1. The van der Waals surface area contributed by atoms with Crippen LogP contribution in [-0.4, -0.2) is 51.3 Å². The Morgan fingerprint density at radius 2 is 1.93 bits per heavy atom. The summed E-state index contributed by atoms with van der Waals surface area (Å²) in [5.41, 5.74) is 3.59. The van der Waals surface area contributed by atoms with Gasteiger partial charge in [0, 0.05) is 43.7 Å². The summed E-state index contributed by atoms with van der Waals surface area (Å²) in [6.07, 6.45) is 1.14. The first-order chi connectivity index (χ1) is 14.5. The summed E-state index contributed by atoms with van der Waals surface area (Å²) >= 11 is 0. The number of aromatic nitrogens is 2. The van der Waals surface area contributed by atoms with Crippen molar-refractivity contribution < 1.29 is 19.2 Å². The number of hydrogen-bond acceptors (Lipinski definition) is 7. The smallest absolute Gasteiger partial charge is 0.262 e. The van der Waals surface area contributed by atoms with E-state index >= 15 is 0 Å². The molecule has 1 fully saturated rings. The van der Waals surface area contributed by atoms with E-state index in [9.17, 15) is 19.2 Å². The molecule has 3 aliphatic heterocycles. The number of benzene rings is 1. The summed E-state index contributed by atoms with van der Waals surface area (Å²) in [5, 5.41) is 16.2. The lowest BCUT2D eigenvalue weighted by molar-refractivity contribution is -0.136. The number of nitrogens with one attached hydrogen (secondary N) is 4. The Morgan fingerprint density at radius 3 is 2.77 bits per heavy atom. The van der Waals surface area contributed by atoms with Crippen LogP contribution < -0.4 is 16.0 Å². The highest BCUT2D eigenvalue weighted by Gasteiger charge is 2.44. The Hall–Kier alpha value is -3.53. The number of rotatable bonds is 4. The molecule has 4 N–H and O–H groups in total. The van der Waals surface area contributed by atoms with Crippen LogP contribution in [0.25, 0.3) is 0 Å². The molecule has 0 saturated carbocycles. The number of piperidine rings is 1. The first-order valence-corrected chi connectivity index (χ1v) is 9.88. The molecule has 1 unspecified atom stereocenters. The largest absolute Gasteiger partial charge is 0.364 e. The van der Waals surface area contributed by atoms with Gasteiger partial charge in [-0.15, -0.1) is 0 Å². The SMILES string of the molecule is O=C1CCC(N2C(=O)c3ccc(CNc4n[nH]c5c4CNCC5)cc3C2=O)C(=O)N1. The third kappa shape index (κ3) is 2.96. The molecule has 1 atom stereocenters. The van der Waals surface area contributed by atoms with Crippen LogP contribution in [0.2, 0.25) is 0 Å². The molecule has 1 aromatic carbocycles. The van der Waals surface area contributed by atoms with Gasteiger partial charge in [0.05, 0.1) is 11.1 Å². The third-order valence-corrected chi connectivity index (χ3v) is 5.77. The number of anilines is 1. The average molecular weight is 408 g/mol. The Kier molecular flexibility index (Phi) is 4.35. The second-order valence-corrected chi connectivity index (χ2v) is 7.64. The number of amides is 4. The number of fused-ring (bicyclic) bond motifs is 2. The molecule has 5 rings (SSSR count). The zero-order valence-corrected chi connectivity index (χ0v) is 16.1. The quantitative estimate of drug-likeness (QED) is 0.526. The molecule has 0 spiro atoms. The van der Waals surface area contributed by atoms with Crippen molar-refractivity contribution >= 4 is 29.4 Å². The van der Waals surface area contributed by atoms with Gasteiger partial charge in [-0.1, -0.05) is 6.07 Å². The summed E-state index contributed by atoms with van der Waals surface area (Å²) in [5.74, 6) is -1.24. The van der Waals surface area contributed by atoms with Gasteiger partial charge in [-0.3, -0.25) is 34.5 Å². The minimum atomic E-state index is -0.959. The fourth-order valence-corrected chi connectivity index (χ4v) is 4.19. The molecule has 30 heavy (non-hydrogen) atoms. The van der Waals surface area contributed by atoms with E-state index in [1.165, 1.54) is 0 Å². The lowest BCUT2D eigenvalue weighted by Crippen LogP contribution is -2.54. The minimum absolute atomic E-state index is 0.0990. The maximum Gasteiger partial charge on any atom is 0.262 e. The number of nitrogens with zero attached hydrogens (tertiary/aromatic N) is 2. The number of aromatic amines is 1. The van der Waals surface area contributed by atoms with E-state index in [1.54, 1.807) is 18.2 Å². The summed E-state index contributed by atoms with van der Waals surface area (Å²) < 4.78 is 0. The number of carbonyl (C=O) groups is 4. The molecule has 10 nitrogen and oxygen atoms in total. The fraction of sp³-hybridized carbons (Fsp3) is 0.350. The predicted molar refractivity (Wildman–Crippen MR) is 104 cm³/mol. The second kappa shape index (κ2) is 7.06. The van der Waals surface area contributed by atoms with Gasteiger partial charge in [-0.25, -0.2) is 0 Å². The zero-order valence-electron chi connectivity index (χ0n) is 16.1. The molecule has 0 radical (unpaired) electrons. The van der Waals surface area contributed by atoms with Gasteiger partial charge in [0.2, 0.25) is 11.8 Å². The van der Waals surface area contributed by atoms with E-state index in [4.69, 9.17) is 0 Å². The molecule has 2 aromatic rings. The van der Waals surface area contributed by atoms with Crippen LogP contribution in [0.1, 0.15) is 50.4 Å². The molecule has 1 saturated heterocycles. The first kappa shape index (κ1) is 18.5. The van der Waals surface area contributed by atoms with Gasteiger partial charge < -0.3 is 10.6 Å². The normalized spacial score (nSPS) is 20.8. The van der Waals surface area contributed by atoms with Crippen molar-refractivity contribution in [2.45, 2.75) is 38.4 Å². The molecule has 4 amide bonds. The van der Waals surface area contributed by atoms with Gasteiger partial charge >= 0.3 is 0 Å². The van der Waals surface area contributed by atoms with Crippen LogP contribution in [0.4, 0.5) is 5.82 Å². The standard InChI is InChI=1S/C20H20N6O4/c27-16-4-3-15(18(28)23-16)26-19(29)11-2-1-10(7-12(11)20(26)30)8-22-17-13-9-21-6-5-14(13)24-25-17/h1-2,7,15,21H,3-6,8-9H2,(H2,22,24,25)(H,23,27,28). The van der Waals surface area contributed by atoms with Gasteiger partial charge in [-0.2, -0.15) is 5.10 Å². The van der Waals surface area contributed by atoms with Crippen LogP contribution in [0, 0.1) is 0 Å². The molecule has 0 aliphatic carbocycles. The number of carbonyl (C=O) groups excluding carboxylic acids is 4. The molecule has 10 heteroatoms. The van der Waals surface area contributed by atoms with E-state index in [0.717, 1.165) is 47.0 Å².